The van der Waals surface area contributed by atoms with Crippen LogP contribution >= 0.6 is 0 Å². The number of carbonyl (C=O) groups is 2. The molecule has 0 saturated carbocycles. The van der Waals surface area contributed by atoms with E-state index in [9.17, 15) is 9.59 Å². The fourth-order valence-corrected chi connectivity index (χ4v) is 4.42. The van der Waals surface area contributed by atoms with Crippen LogP contribution in [0.3, 0.4) is 0 Å². The lowest BCUT2D eigenvalue weighted by atomic mass is 10.2. The minimum Gasteiger partial charge on any atom is -0.372 e. The van der Waals surface area contributed by atoms with Gasteiger partial charge in [-0.2, -0.15) is 0 Å². The number of nitrogens with one attached hydrogen (secondary N) is 3. The van der Waals surface area contributed by atoms with Crippen LogP contribution in [0.2, 0.25) is 0 Å². The average molecular weight is 573 g/mol. The summed E-state index contributed by atoms with van der Waals surface area (Å²) >= 11 is 0. The number of azo groups is 1. The summed E-state index contributed by atoms with van der Waals surface area (Å²) in [6.07, 6.45) is 6.37. The van der Waals surface area contributed by atoms with Crippen molar-refractivity contribution < 1.29 is 23.5 Å². The van der Waals surface area contributed by atoms with Gasteiger partial charge in [-0.15, -0.1) is 0 Å². The second-order valence-corrected chi connectivity index (χ2v) is 11.8. The van der Waals surface area contributed by atoms with E-state index in [1.54, 1.807) is 0 Å². The molecule has 0 saturated heterocycles. The van der Waals surface area contributed by atoms with Crippen LogP contribution < -0.4 is 25.0 Å². The fraction of sp³-hybridized carbons (Fsp3) is 0.633. The lowest BCUT2D eigenvalue weighted by molar-refractivity contribution is -0.870. The highest BCUT2D eigenvalue weighted by Crippen LogP contribution is 2.21. The molecule has 2 aromatic rings. The molecule has 228 valence electrons. The molecule has 3 N–H and O–H groups in total. The minimum atomic E-state index is 0.0143. The molecule has 1 heterocycles. The normalized spacial score (nSPS) is 11.8. The summed E-state index contributed by atoms with van der Waals surface area (Å²) in [7, 11) is 10.7. The largest absolute Gasteiger partial charge is 0.421 e. The summed E-state index contributed by atoms with van der Waals surface area (Å²) in [6, 6.07) is 8.03. The number of aromatic nitrogens is 2. The number of hydrogen-bond donors (Lipinski definition) is 3. The monoisotopic (exact) mass is 572 g/mol. The lowest BCUT2D eigenvalue weighted by Crippen LogP contribution is -3.05. The van der Waals surface area contributed by atoms with Crippen molar-refractivity contribution in [3.63, 3.8) is 0 Å². The van der Waals surface area contributed by atoms with Gasteiger partial charge < -0.3 is 24.9 Å². The van der Waals surface area contributed by atoms with E-state index >= 15 is 0 Å². The molecule has 41 heavy (non-hydrogen) atoms. The standard InChI is InChI=1S/C30H51N9O2/c1-8-36(9-2)27-14-12-26(13-15-27)33-34-30-37(21-16-28(40)31-18-10-20-35(3)4)23-24-38(30)22-17-29(41)32-19-11-25-39(5,6)7/h12-15,23-24H,8-11,16-22,25H2,1-7H3/p+3. The molecule has 0 aliphatic heterocycles. The molecule has 11 nitrogen and oxygen atoms in total. The second-order valence-electron chi connectivity index (χ2n) is 11.8. The number of rotatable bonds is 19. The van der Waals surface area contributed by atoms with Gasteiger partial charge in [0, 0.05) is 49.8 Å². The van der Waals surface area contributed by atoms with Crippen LogP contribution in [0.25, 0.3) is 0 Å². The van der Waals surface area contributed by atoms with E-state index in [2.05, 4.69) is 87.0 Å². The van der Waals surface area contributed by atoms with Gasteiger partial charge in [-0.05, 0) is 38.1 Å². The van der Waals surface area contributed by atoms with Crippen LogP contribution in [-0.2, 0) is 22.7 Å². The quantitative estimate of drug-likeness (QED) is 0.103. The molecule has 2 rings (SSSR count). The molecule has 0 atom stereocenters. The maximum absolute atomic E-state index is 12.5. The third-order valence-electron chi connectivity index (χ3n) is 6.84. The zero-order chi connectivity index (χ0) is 30.3. The van der Waals surface area contributed by atoms with Crippen LogP contribution in [0.1, 0.15) is 39.5 Å². The predicted octanol–water partition coefficient (Wildman–Crippen LogP) is 1.68. The minimum absolute atomic E-state index is 0.0143. The Morgan fingerprint density at radius 3 is 2.20 bits per heavy atom. The van der Waals surface area contributed by atoms with E-state index in [0.29, 0.717) is 45.0 Å². The number of nitrogens with zero attached hydrogens (tertiary/aromatic N) is 6. The Labute approximate surface area is 246 Å². The molecule has 2 amide bonds. The van der Waals surface area contributed by atoms with Crippen molar-refractivity contribution in [2.24, 2.45) is 10.2 Å². The number of aryl methyl sites for hydroxylation is 2. The van der Waals surface area contributed by atoms with Crippen LogP contribution in [0.4, 0.5) is 17.3 Å². The Morgan fingerprint density at radius 2 is 1.59 bits per heavy atom. The summed E-state index contributed by atoms with van der Waals surface area (Å²) in [5.41, 5.74) is 1.90. The number of amides is 2. The number of quaternary nitrogens is 2. The third kappa shape index (κ3) is 13.3. The fourth-order valence-electron chi connectivity index (χ4n) is 4.42. The first kappa shape index (κ1) is 33.9. The Morgan fingerprint density at radius 1 is 0.951 bits per heavy atom. The Bertz CT molecular complexity index is 1080. The van der Waals surface area contributed by atoms with Gasteiger partial charge in [0.05, 0.1) is 86.7 Å². The van der Waals surface area contributed by atoms with Gasteiger partial charge in [0.15, 0.2) is 0 Å². The average Bonchev–Trinajstić information content (AvgIpc) is 3.32. The third-order valence-corrected chi connectivity index (χ3v) is 6.84. The summed E-state index contributed by atoms with van der Waals surface area (Å²) in [5.74, 6) is 0.641. The van der Waals surface area contributed by atoms with E-state index in [4.69, 9.17) is 0 Å². The summed E-state index contributed by atoms with van der Waals surface area (Å²) in [5, 5.41) is 15.1. The van der Waals surface area contributed by atoms with Crippen molar-refractivity contribution in [3.05, 3.63) is 36.7 Å². The molecule has 0 unspecified atom stereocenters. The Hall–Kier alpha value is -3.31. The van der Waals surface area contributed by atoms with E-state index < -0.39 is 0 Å². The molecular formula is C30H54N9O2+3. The van der Waals surface area contributed by atoms with Gasteiger partial charge >= 0.3 is 5.95 Å². The van der Waals surface area contributed by atoms with Gasteiger partial charge in [0.25, 0.3) is 0 Å². The van der Waals surface area contributed by atoms with Crippen LogP contribution in [0.15, 0.2) is 46.9 Å². The van der Waals surface area contributed by atoms with Crippen molar-refractivity contribution >= 4 is 29.1 Å². The van der Waals surface area contributed by atoms with E-state index in [0.717, 1.165) is 54.9 Å². The Kier molecular flexibility index (Phi) is 14.5. The van der Waals surface area contributed by atoms with Gasteiger partial charge in [0.1, 0.15) is 5.69 Å². The van der Waals surface area contributed by atoms with Crippen molar-refractivity contribution in [2.45, 2.75) is 52.6 Å². The molecule has 0 aliphatic rings. The van der Waals surface area contributed by atoms with E-state index in [-0.39, 0.29) is 11.8 Å². The summed E-state index contributed by atoms with van der Waals surface area (Å²) in [6.45, 7) is 10.5. The molecule has 0 bridgehead atoms. The zero-order valence-corrected chi connectivity index (χ0v) is 26.4. The van der Waals surface area contributed by atoms with Crippen molar-refractivity contribution in [3.8, 4) is 0 Å². The number of hydrogen-bond acceptors (Lipinski definition) is 5. The number of imidazole rings is 1. The second kappa shape index (κ2) is 17.5. The highest BCUT2D eigenvalue weighted by molar-refractivity contribution is 5.76. The topological polar surface area (TPSA) is 99.4 Å². The molecular weight excluding hydrogens is 518 g/mol. The maximum atomic E-state index is 12.5. The lowest BCUT2D eigenvalue weighted by Gasteiger charge is -2.23. The highest BCUT2D eigenvalue weighted by Gasteiger charge is 2.19. The number of carbonyl (C=O) groups excluding carboxylic acids is 2. The van der Waals surface area contributed by atoms with E-state index in [1.807, 2.05) is 33.7 Å². The first-order chi connectivity index (χ1) is 19.5. The summed E-state index contributed by atoms with van der Waals surface area (Å²) < 4.78 is 4.73. The van der Waals surface area contributed by atoms with Crippen LogP contribution in [-0.4, -0.2) is 95.4 Å². The molecule has 0 fully saturated rings. The zero-order valence-electron chi connectivity index (χ0n) is 26.4. The Balaban J connectivity index is 2.07. The van der Waals surface area contributed by atoms with Gasteiger partial charge in [0.2, 0.25) is 11.8 Å². The molecule has 0 radical (unpaired) electrons. The first-order valence-corrected chi connectivity index (χ1v) is 15.0. The van der Waals surface area contributed by atoms with Crippen molar-refractivity contribution in [1.82, 2.24) is 15.2 Å². The van der Waals surface area contributed by atoms with Gasteiger partial charge in [-0.1, -0.05) is 5.11 Å². The molecule has 0 aliphatic carbocycles. The summed E-state index contributed by atoms with van der Waals surface area (Å²) in [4.78, 5) is 28.6. The number of anilines is 1. The van der Waals surface area contributed by atoms with Crippen molar-refractivity contribution in [2.75, 3.05) is 79.4 Å². The molecule has 1 aromatic heterocycles. The van der Waals surface area contributed by atoms with Crippen LogP contribution in [0.5, 0.6) is 0 Å². The molecule has 11 heteroatoms. The molecule has 0 spiro atoms. The first-order valence-electron chi connectivity index (χ1n) is 15.0. The predicted molar refractivity (Wildman–Crippen MR) is 164 cm³/mol. The molecule has 1 aromatic carbocycles. The smallest absolute Gasteiger partial charge is 0.372 e. The van der Waals surface area contributed by atoms with Gasteiger partial charge in [-0.3, -0.25) is 9.59 Å². The maximum Gasteiger partial charge on any atom is 0.421 e. The van der Waals surface area contributed by atoms with Gasteiger partial charge in [-0.25, -0.2) is 9.13 Å². The highest BCUT2D eigenvalue weighted by atomic mass is 16.2. The van der Waals surface area contributed by atoms with Crippen molar-refractivity contribution in [1.29, 1.82) is 0 Å². The SMILES string of the molecule is CCN(CC)c1ccc(N=Nc2n(CCC(=O)NCCC[NH+](C)C)cc[n+]2CCC(=O)NCCC[N+](C)(C)C)cc1. The number of benzene rings is 1. The van der Waals surface area contributed by atoms with E-state index in [1.165, 1.54) is 4.90 Å². The van der Waals surface area contributed by atoms with Crippen LogP contribution in [0, 0.1) is 0 Å².